The number of ether oxygens (including phenoxy) is 1. The maximum absolute atomic E-state index is 13.2. The van der Waals surface area contributed by atoms with Crippen LogP contribution < -0.4 is 21.3 Å². The first-order valence-electron chi connectivity index (χ1n) is 11.1. The lowest BCUT2D eigenvalue weighted by Crippen LogP contribution is -2.41. The molecule has 2 aromatic rings. The van der Waals surface area contributed by atoms with Gasteiger partial charge in [-0.1, -0.05) is 0 Å². The van der Waals surface area contributed by atoms with E-state index < -0.39 is 17.5 Å². The molecule has 34 heavy (non-hydrogen) atoms. The highest BCUT2D eigenvalue weighted by atomic mass is 16.5. The maximum atomic E-state index is 13.2. The Morgan fingerprint density at radius 3 is 2.68 bits per heavy atom. The standard InChI is InChI=1S/C22H27N9O3/c1-24-10-17(18(23)21(32)28-9-15-3-2-6-34-15)31-22(33)19-20(29-14-7-25-12-26-8-14)27-11-16(30-19)13-4-5-13/h7-8,10-13,15,23-24H,2-6,9H2,1H3,(H,27,29)(H,28,32)(H,31,33)/b17-10+,23-18?. The van der Waals surface area contributed by atoms with E-state index in [0.717, 1.165) is 31.4 Å². The molecule has 0 bridgehead atoms. The maximum Gasteiger partial charge on any atom is 0.278 e. The van der Waals surface area contributed by atoms with Gasteiger partial charge >= 0.3 is 0 Å². The van der Waals surface area contributed by atoms with Crippen LogP contribution in [0.15, 0.2) is 36.8 Å². The Bertz CT molecular complexity index is 1080. The topological polar surface area (TPSA) is 167 Å². The van der Waals surface area contributed by atoms with Crippen molar-refractivity contribution < 1.29 is 14.3 Å². The normalized spacial score (nSPS) is 17.7. The summed E-state index contributed by atoms with van der Waals surface area (Å²) < 4.78 is 5.50. The van der Waals surface area contributed by atoms with Gasteiger partial charge in [0.15, 0.2) is 11.5 Å². The van der Waals surface area contributed by atoms with Gasteiger partial charge in [-0.15, -0.1) is 0 Å². The van der Waals surface area contributed by atoms with E-state index in [1.165, 1.54) is 12.5 Å². The molecule has 12 heteroatoms. The van der Waals surface area contributed by atoms with Crippen LogP contribution in [0.5, 0.6) is 0 Å². The van der Waals surface area contributed by atoms with Crippen molar-refractivity contribution in [2.75, 3.05) is 25.5 Å². The summed E-state index contributed by atoms with van der Waals surface area (Å²) in [5, 5.41) is 19.4. The minimum absolute atomic E-state index is 0.00459. The van der Waals surface area contributed by atoms with E-state index >= 15 is 0 Å². The van der Waals surface area contributed by atoms with Crippen molar-refractivity contribution in [2.24, 2.45) is 0 Å². The predicted octanol–water partition coefficient (Wildman–Crippen LogP) is 0.993. The lowest BCUT2D eigenvalue weighted by molar-refractivity contribution is -0.115. The van der Waals surface area contributed by atoms with Gasteiger partial charge in [-0.2, -0.15) is 0 Å². The molecule has 0 radical (unpaired) electrons. The van der Waals surface area contributed by atoms with E-state index in [9.17, 15) is 9.59 Å². The monoisotopic (exact) mass is 465 g/mol. The van der Waals surface area contributed by atoms with Crippen molar-refractivity contribution >= 4 is 29.0 Å². The van der Waals surface area contributed by atoms with Crippen LogP contribution in [0.3, 0.4) is 0 Å². The molecule has 0 aromatic carbocycles. The summed E-state index contributed by atoms with van der Waals surface area (Å²) in [5.41, 5.74) is 0.923. The Labute approximate surface area is 196 Å². The molecule has 1 saturated carbocycles. The van der Waals surface area contributed by atoms with Gasteiger partial charge in [0.1, 0.15) is 12.0 Å². The van der Waals surface area contributed by atoms with Crippen molar-refractivity contribution in [3.63, 3.8) is 0 Å². The molecule has 1 aliphatic carbocycles. The van der Waals surface area contributed by atoms with E-state index in [-0.39, 0.29) is 29.2 Å². The first-order valence-corrected chi connectivity index (χ1v) is 11.1. The lowest BCUT2D eigenvalue weighted by Gasteiger charge is -2.15. The van der Waals surface area contributed by atoms with Crippen molar-refractivity contribution in [3.05, 3.63) is 48.2 Å². The zero-order valence-electron chi connectivity index (χ0n) is 18.8. The Morgan fingerprint density at radius 1 is 1.21 bits per heavy atom. The summed E-state index contributed by atoms with van der Waals surface area (Å²) in [6, 6.07) is 0. The van der Waals surface area contributed by atoms with E-state index in [4.69, 9.17) is 10.1 Å². The van der Waals surface area contributed by atoms with Crippen LogP contribution in [0.25, 0.3) is 0 Å². The number of carbonyl (C=O) groups is 2. The minimum atomic E-state index is -0.616. The molecule has 1 saturated heterocycles. The summed E-state index contributed by atoms with van der Waals surface area (Å²) >= 11 is 0. The molecule has 1 unspecified atom stereocenters. The third-order valence-electron chi connectivity index (χ3n) is 5.37. The third-order valence-corrected chi connectivity index (χ3v) is 5.37. The van der Waals surface area contributed by atoms with E-state index in [2.05, 4.69) is 41.2 Å². The average molecular weight is 466 g/mol. The second kappa shape index (κ2) is 10.8. The summed E-state index contributed by atoms with van der Waals surface area (Å²) in [5.74, 6) is -0.723. The zero-order chi connectivity index (χ0) is 23.9. The highest BCUT2D eigenvalue weighted by molar-refractivity contribution is 6.44. The fraction of sp³-hybridized carbons (Fsp3) is 0.409. The molecule has 0 spiro atoms. The smallest absolute Gasteiger partial charge is 0.278 e. The molecular formula is C22H27N9O3. The van der Waals surface area contributed by atoms with Crippen LogP contribution in [0, 0.1) is 5.41 Å². The van der Waals surface area contributed by atoms with Crippen LogP contribution in [0.4, 0.5) is 11.5 Å². The Balaban J connectivity index is 1.50. The second-order valence-corrected chi connectivity index (χ2v) is 8.04. The van der Waals surface area contributed by atoms with Crippen LogP contribution in [0.1, 0.15) is 47.8 Å². The quantitative estimate of drug-likeness (QED) is 0.321. The first-order chi connectivity index (χ1) is 16.5. The number of nitrogens with one attached hydrogen (secondary N) is 5. The number of nitrogens with zero attached hydrogens (tertiary/aromatic N) is 4. The van der Waals surface area contributed by atoms with Gasteiger partial charge in [-0.05, 0) is 25.7 Å². The highest BCUT2D eigenvalue weighted by Gasteiger charge is 2.28. The van der Waals surface area contributed by atoms with Crippen LogP contribution in [0.2, 0.25) is 0 Å². The molecule has 2 amide bonds. The molecule has 1 atom stereocenters. The Morgan fingerprint density at radius 2 is 2.00 bits per heavy atom. The SMILES string of the molecule is CN/C=C(/NC(=O)c1nc(C2CC2)cnc1Nc1cncnc1)C(=N)C(=O)NCC1CCCO1. The summed E-state index contributed by atoms with van der Waals surface area (Å²) in [7, 11) is 1.61. The summed E-state index contributed by atoms with van der Waals surface area (Å²) in [4.78, 5) is 42.6. The Kier molecular flexibility index (Phi) is 7.38. The molecular weight excluding hydrogens is 438 g/mol. The number of anilines is 2. The van der Waals surface area contributed by atoms with Crippen molar-refractivity contribution in [1.82, 2.24) is 35.9 Å². The van der Waals surface area contributed by atoms with Gasteiger partial charge in [0.05, 0.1) is 41.8 Å². The molecule has 1 aliphatic heterocycles. The van der Waals surface area contributed by atoms with Crippen molar-refractivity contribution in [1.29, 1.82) is 5.41 Å². The number of hydrogen-bond donors (Lipinski definition) is 5. The zero-order valence-corrected chi connectivity index (χ0v) is 18.8. The number of rotatable bonds is 10. The summed E-state index contributed by atoms with van der Waals surface area (Å²) in [6.07, 6.45) is 11.3. The molecule has 2 fully saturated rings. The fourth-order valence-electron chi connectivity index (χ4n) is 3.45. The molecule has 4 rings (SSSR count). The minimum Gasteiger partial charge on any atom is -0.392 e. The van der Waals surface area contributed by atoms with Gasteiger partial charge in [-0.3, -0.25) is 15.0 Å². The fourth-order valence-corrected chi connectivity index (χ4v) is 3.45. The second-order valence-electron chi connectivity index (χ2n) is 8.04. The van der Waals surface area contributed by atoms with Gasteiger partial charge in [0.25, 0.3) is 11.8 Å². The van der Waals surface area contributed by atoms with Gasteiger partial charge < -0.3 is 26.0 Å². The predicted molar refractivity (Wildman–Crippen MR) is 124 cm³/mol. The van der Waals surface area contributed by atoms with Crippen molar-refractivity contribution in [2.45, 2.75) is 37.7 Å². The third kappa shape index (κ3) is 5.90. The molecule has 3 heterocycles. The molecule has 2 aliphatic rings. The van der Waals surface area contributed by atoms with Crippen LogP contribution >= 0.6 is 0 Å². The number of hydrogen-bond acceptors (Lipinski definition) is 10. The average Bonchev–Trinajstić information content (AvgIpc) is 3.57. The summed E-state index contributed by atoms with van der Waals surface area (Å²) in [6.45, 7) is 0.982. The molecule has 2 aromatic heterocycles. The van der Waals surface area contributed by atoms with Crippen LogP contribution in [-0.4, -0.2) is 63.8 Å². The number of amides is 2. The number of carbonyl (C=O) groups excluding carboxylic acids is 2. The Hall–Kier alpha value is -3.93. The lowest BCUT2D eigenvalue weighted by atomic mass is 10.2. The number of aromatic nitrogens is 4. The van der Waals surface area contributed by atoms with Crippen LogP contribution in [-0.2, 0) is 9.53 Å². The van der Waals surface area contributed by atoms with Crippen molar-refractivity contribution in [3.8, 4) is 0 Å². The van der Waals surface area contributed by atoms with Gasteiger partial charge in [0, 0.05) is 32.3 Å². The molecule has 5 N–H and O–H groups in total. The molecule has 12 nitrogen and oxygen atoms in total. The van der Waals surface area contributed by atoms with E-state index in [1.54, 1.807) is 25.6 Å². The van der Waals surface area contributed by atoms with E-state index in [0.29, 0.717) is 18.8 Å². The highest BCUT2D eigenvalue weighted by Crippen LogP contribution is 2.39. The molecule has 178 valence electrons. The largest absolute Gasteiger partial charge is 0.392 e. The first kappa shape index (κ1) is 23.2. The van der Waals surface area contributed by atoms with E-state index in [1.807, 2.05) is 0 Å². The van der Waals surface area contributed by atoms with Gasteiger partial charge in [-0.25, -0.2) is 19.9 Å². The van der Waals surface area contributed by atoms with Gasteiger partial charge in [0.2, 0.25) is 0 Å².